The Morgan fingerprint density at radius 3 is 2.14 bits per heavy atom. The van der Waals surface area contributed by atoms with Crippen molar-refractivity contribution in [2.75, 3.05) is 5.75 Å². The normalized spacial score (nSPS) is 11.6. The summed E-state index contributed by atoms with van der Waals surface area (Å²) in [5.41, 5.74) is 1.37. The number of carbonyl (C=O) groups excluding carboxylic acids is 1. The van der Waals surface area contributed by atoms with E-state index in [0.717, 1.165) is 5.56 Å². The van der Waals surface area contributed by atoms with Gasteiger partial charge < -0.3 is 0 Å². The molecule has 0 spiro atoms. The monoisotopic (exact) mass is 302 g/mol. The maximum Gasteiger partial charge on any atom is 0.185 e. The highest BCUT2D eigenvalue weighted by Gasteiger charge is 2.22. The highest BCUT2D eigenvalue weighted by molar-refractivity contribution is 7.92. The predicted molar refractivity (Wildman–Crippen MR) is 83.4 cm³/mol. The van der Waals surface area contributed by atoms with Crippen LogP contribution in [0.5, 0.6) is 0 Å². The standard InChI is InChI=1S/C17H18O3S/c1-13(2)15-10-6-7-11-16(15)17(18)12-21(19,20)14-8-4-3-5-9-14/h3-11,13H,12H2,1-2H3. The molecule has 0 aromatic heterocycles. The number of hydrogen-bond donors (Lipinski definition) is 0. The molecule has 0 radical (unpaired) electrons. The third kappa shape index (κ3) is 3.58. The Morgan fingerprint density at radius 1 is 0.952 bits per heavy atom. The second kappa shape index (κ2) is 6.22. The van der Waals surface area contributed by atoms with Crippen molar-refractivity contribution >= 4 is 15.6 Å². The zero-order valence-electron chi connectivity index (χ0n) is 12.1. The van der Waals surface area contributed by atoms with Crippen LogP contribution in [0.15, 0.2) is 59.5 Å². The van der Waals surface area contributed by atoms with E-state index < -0.39 is 15.6 Å². The molecule has 0 bridgehead atoms. The van der Waals surface area contributed by atoms with E-state index in [1.54, 1.807) is 30.3 Å². The summed E-state index contributed by atoms with van der Waals surface area (Å²) in [5.74, 6) is -0.687. The first-order valence-electron chi connectivity index (χ1n) is 6.82. The Kier molecular flexibility index (Phi) is 4.58. The third-order valence-corrected chi connectivity index (χ3v) is 4.94. The van der Waals surface area contributed by atoms with Gasteiger partial charge in [0, 0.05) is 5.56 Å². The minimum atomic E-state index is -3.60. The Hall–Kier alpha value is -1.94. The Labute approximate surface area is 125 Å². The van der Waals surface area contributed by atoms with E-state index in [9.17, 15) is 13.2 Å². The van der Waals surface area contributed by atoms with Crippen LogP contribution in [0.1, 0.15) is 35.7 Å². The Balaban J connectivity index is 2.31. The van der Waals surface area contributed by atoms with Crippen LogP contribution < -0.4 is 0 Å². The molecule has 0 aliphatic heterocycles. The van der Waals surface area contributed by atoms with Crippen LogP contribution in [-0.2, 0) is 9.84 Å². The number of benzene rings is 2. The maximum absolute atomic E-state index is 12.4. The molecular formula is C17H18O3S. The first-order chi connectivity index (χ1) is 9.92. The summed E-state index contributed by atoms with van der Waals surface area (Å²) in [6.45, 7) is 3.97. The minimum absolute atomic E-state index is 0.171. The van der Waals surface area contributed by atoms with E-state index in [1.807, 2.05) is 26.0 Å². The van der Waals surface area contributed by atoms with Crippen molar-refractivity contribution in [3.8, 4) is 0 Å². The molecule has 0 N–H and O–H groups in total. The number of hydrogen-bond acceptors (Lipinski definition) is 3. The van der Waals surface area contributed by atoms with Crippen LogP contribution in [0.2, 0.25) is 0 Å². The fraction of sp³-hybridized carbons (Fsp3) is 0.235. The van der Waals surface area contributed by atoms with Crippen LogP contribution >= 0.6 is 0 Å². The van der Waals surface area contributed by atoms with Crippen LogP contribution in [0, 0.1) is 0 Å². The molecule has 4 heteroatoms. The van der Waals surface area contributed by atoms with Crippen LogP contribution in [0.3, 0.4) is 0 Å². The van der Waals surface area contributed by atoms with Gasteiger partial charge >= 0.3 is 0 Å². The summed E-state index contributed by atoms with van der Waals surface area (Å²) >= 11 is 0. The van der Waals surface area contributed by atoms with E-state index >= 15 is 0 Å². The van der Waals surface area contributed by atoms with E-state index in [0.29, 0.717) is 5.56 Å². The van der Waals surface area contributed by atoms with Gasteiger partial charge in [-0.05, 0) is 23.6 Å². The number of rotatable bonds is 5. The second-order valence-electron chi connectivity index (χ2n) is 5.24. The average molecular weight is 302 g/mol. The lowest BCUT2D eigenvalue weighted by atomic mass is 9.95. The van der Waals surface area contributed by atoms with Crippen molar-refractivity contribution in [2.45, 2.75) is 24.7 Å². The van der Waals surface area contributed by atoms with Gasteiger partial charge in [-0.25, -0.2) is 8.42 Å². The Morgan fingerprint density at radius 2 is 1.52 bits per heavy atom. The van der Waals surface area contributed by atoms with Gasteiger partial charge in [0.2, 0.25) is 0 Å². The van der Waals surface area contributed by atoms with Crippen molar-refractivity contribution in [1.29, 1.82) is 0 Å². The van der Waals surface area contributed by atoms with Gasteiger partial charge in [0.25, 0.3) is 0 Å². The quantitative estimate of drug-likeness (QED) is 0.795. The van der Waals surface area contributed by atoms with Crippen LogP contribution in [-0.4, -0.2) is 20.0 Å². The molecule has 0 amide bonds. The van der Waals surface area contributed by atoms with Crippen molar-refractivity contribution in [1.82, 2.24) is 0 Å². The van der Waals surface area contributed by atoms with Gasteiger partial charge in [0.15, 0.2) is 15.6 Å². The third-order valence-electron chi connectivity index (χ3n) is 3.31. The van der Waals surface area contributed by atoms with E-state index in [2.05, 4.69) is 0 Å². The van der Waals surface area contributed by atoms with Crippen molar-refractivity contribution < 1.29 is 13.2 Å². The number of Topliss-reactive ketones (excluding diaryl/α,β-unsaturated/α-hetero) is 1. The topological polar surface area (TPSA) is 51.2 Å². The minimum Gasteiger partial charge on any atom is -0.293 e. The molecule has 2 aromatic carbocycles. The zero-order chi connectivity index (χ0) is 15.5. The molecule has 0 aliphatic carbocycles. The molecule has 0 saturated heterocycles. The summed E-state index contributed by atoms with van der Waals surface area (Å²) in [7, 11) is -3.60. The first-order valence-corrected chi connectivity index (χ1v) is 8.47. The van der Waals surface area contributed by atoms with Crippen molar-refractivity contribution in [3.63, 3.8) is 0 Å². The SMILES string of the molecule is CC(C)c1ccccc1C(=O)CS(=O)(=O)c1ccccc1. The van der Waals surface area contributed by atoms with Crippen molar-refractivity contribution in [3.05, 3.63) is 65.7 Å². The highest BCUT2D eigenvalue weighted by atomic mass is 32.2. The highest BCUT2D eigenvalue weighted by Crippen LogP contribution is 2.21. The van der Waals surface area contributed by atoms with E-state index in [1.165, 1.54) is 12.1 Å². The molecular weight excluding hydrogens is 284 g/mol. The maximum atomic E-state index is 12.4. The molecule has 0 heterocycles. The summed E-state index contributed by atoms with van der Waals surface area (Å²) in [5, 5.41) is 0. The summed E-state index contributed by atoms with van der Waals surface area (Å²) in [6.07, 6.45) is 0. The molecule has 3 nitrogen and oxygen atoms in total. The first kappa shape index (κ1) is 15.4. The zero-order valence-corrected chi connectivity index (χ0v) is 12.9. The summed E-state index contributed by atoms with van der Waals surface area (Å²) < 4.78 is 24.6. The van der Waals surface area contributed by atoms with Gasteiger partial charge in [-0.1, -0.05) is 56.3 Å². The predicted octanol–water partition coefficient (Wildman–Crippen LogP) is 3.47. The molecule has 21 heavy (non-hydrogen) atoms. The molecule has 110 valence electrons. The molecule has 0 aliphatic rings. The van der Waals surface area contributed by atoms with E-state index in [-0.39, 0.29) is 16.6 Å². The average Bonchev–Trinajstić information content (AvgIpc) is 2.47. The van der Waals surface area contributed by atoms with Gasteiger partial charge in [0.05, 0.1) is 4.90 Å². The number of ketones is 1. The second-order valence-corrected chi connectivity index (χ2v) is 7.23. The molecule has 0 fully saturated rings. The van der Waals surface area contributed by atoms with Crippen LogP contribution in [0.4, 0.5) is 0 Å². The molecule has 2 aromatic rings. The smallest absolute Gasteiger partial charge is 0.185 e. The lowest BCUT2D eigenvalue weighted by Crippen LogP contribution is -2.18. The number of carbonyl (C=O) groups is 1. The van der Waals surface area contributed by atoms with Gasteiger partial charge in [-0.15, -0.1) is 0 Å². The van der Waals surface area contributed by atoms with Gasteiger partial charge in [0.1, 0.15) is 5.75 Å². The molecule has 0 saturated carbocycles. The van der Waals surface area contributed by atoms with Crippen molar-refractivity contribution in [2.24, 2.45) is 0 Å². The fourth-order valence-electron chi connectivity index (χ4n) is 2.22. The van der Waals surface area contributed by atoms with E-state index in [4.69, 9.17) is 0 Å². The lowest BCUT2D eigenvalue weighted by Gasteiger charge is -2.11. The van der Waals surface area contributed by atoms with Gasteiger partial charge in [-0.2, -0.15) is 0 Å². The summed E-state index contributed by atoms with van der Waals surface area (Å²) in [6, 6.07) is 15.2. The lowest BCUT2D eigenvalue weighted by molar-refractivity contribution is 0.101. The molecule has 0 atom stereocenters. The Bertz CT molecular complexity index is 732. The van der Waals surface area contributed by atoms with Gasteiger partial charge in [-0.3, -0.25) is 4.79 Å². The molecule has 2 rings (SSSR count). The summed E-state index contributed by atoms with van der Waals surface area (Å²) in [4.78, 5) is 12.6. The largest absolute Gasteiger partial charge is 0.293 e. The van der Waals surface area contributed by atoms with Crippen LogP contribution in [0.25, 0.3) is 0 Å². The fourth-order valence-corrected chi connectivity index (χ4v) is 3.46. The number of sulfone groups is 1. The molecule has 0 unspecified atom stereocenters.